The van der Waals surface area contributed by atoms with Gasteiger partial charge in [0.15, 0.2) is 11.6 Å². The summed E-state index contributed by atoms with van der Waals surface area (Å²) in [4.78, 5) is 22.5. The number of ether oxygens (including phenoxy) is 1. The zero-order valence-electron chi connectivity index (χ0n) is 19.8. The van der Waals surface area contributed by atoms with E-state index in [1.807, 2.05) is 24.3 Å². The highest BCUT2D eigenvalue weighted by atomic mass is 16.5. The number of morpholine rings is 1. The minimum absolute atomic E-state index is 0.0187. The molecular formula is C26H31N7O2. The molecule has 0 spiro atoms. The second-order valence-electron chi connectivity index (χ2n) is 8.96. The zero-order chi connectivity index (χ0) is 24.0. The van der Waals surface area contributed by atoms with E-state index in [1.54, 1.807) is 23.2 Å². The summed E-state index contributed by atoms with van der Waals surface area (Å²) in [6.07, 6.45) is 6.70. The first-order valence-electron chi connectivity index (χ1n) is 12.3. The molecule has 1 aliphatic carbocycles. The van der Waals surface area contributed by atoms with Gasteiger partial charge >= 0.3 is 6.03 Å². The molecule has 3 aromatic rings. The predicted molar refractivity (Wildman–Crippen MR) is 138 cm³/mol. The Labute approximate surface area is 205 Å². The van der Waals surface area contributed by atoms with Crippen molar-refractivity contribution in [3.63, 3.8) is 0 Å². The number of nitrogen functional groups attached to an aromatic ring is 1. The first kappa shape index (κ1) is 23.0. The van der Waals surface area contributed by atoms with Crippen molar-refractivity contribution in [2.75, 3.05) is 47.2 Å². The molecule has 0 radical (unpaired) electrons. The zero-order valence-corrected chi connectivity index (χ0v) is 19.8. The molecule has 2 fully saturated rings. The molecule has 1 aromatic carbocycles. The second kappa shape index (κ2) is 10.7. The Morgan fingerprint density at radius 2 is 1.89 bits per heavy atom. The molecule has 1 saturated carbocycles. The van der Waals surface area contributed by atoms with Crippen LogP contribution in [-0.2, 0) is 4.74 Å². The van der Waals surface area contributed by atoms with E-state index in [1.165, 1.54) is 6.42 Å². The van der Waals surface area contributed by atoms with Crippen LogP contribution in [0.1, 0.15) is 32.1 Å². The van der Waals surface area contributed by atoms with E-state index in [2.05, 4.69) is 32.5 Å². The molecule has 0 bridgehead atoms. The largest absolute Gasteiger partial charge is 0.396 e. The third-order valence-electron chi connectivity index (χ3n) is 6.62. The van der Waals surface area contributed by atoms with E-state index >= 15 is 0 Å². The highest BCUT2D eigenvalue weighted by Crippen LogP contribution is 2.33. The molecule has 35 heavy (non-hydrogen) atoms. The molecule has 2 amide bonds. The fourth-order valence-corrected chi connectivity index (χ4v) is 4.81. The summed E-state index contributed by atoms with van der Waals surface area (Å²) in [5, 5.41) is 10.7. The van der Waals surface area contributed by atoms with Gasteiger partial charge in [0.2, 0.25) is 0 Å². The van der Waals surface area contributed by atoms with Crippen LogP contribution in [0.2, 0.25) is 0 Å². The molecule has 9 nitrogen and oxygen atoms in total. The average molecular weight is 474 g/mol. The smallest absolute Gasteiger partial charge is 0.329 e. The van der Waals surface area contributed by atoms with Gasteiger partial charge in [-0.3, -0.25) is 10.2 Å². The minimum Gasteiger partial charge on any atom is -0.396 e. The Balaban J connectivity index is 1.48. The molecule has 2 aliphatic rings. The highest BCUT2D eigenvalue weighted by molar-refractivity contribution is 6.03. The number of rotatable bonds is 5. The van der Waals surface area contributed by atoms with Gasteiger partial charge in [-0.2, -0.15) is 5.10 Å². The lowest BCUT2D eigenvalue weighted by Crippen LogP contribution is -2.45. The number of aromatic nitrogens is 3. The normalized spacial score (nSPS) is 16.6. The summed E-state index contributed by atoms with van der Waals surface area (Å²) in [6, 6.07) is 15.3. The number of nitrogens with zero attached hydrogens (tertiary/aromatic N) is 5. The van der Waals surface area contributed by atoms with E-state index in [4.69, 9.17) is 15.5 Å². The number of carbonyl (C=O) groups excluding carboxylic acids is 1. The summed E-state index contributed by atoms with van der Waals surface area (Å²) < 4.78 is 5.49. The standard InChI is InChI=1S/C26H31N7O2/c27-22-11-12-23(19-6-4-9-21(18-19)32-14-16-35-17-15-32)29-25(22)33(20-7-2-1-3-8-20)26(34)30-24-10-5-13-28-31-24/h4-6,9-13,18,20H,1-3,7-8,14-17,27H2,(H,30,31,34). The SMILES string of the molecule is Nc1ccc(-c2cccc(N3CCOCC3)c2)nc1N(C(=O)Nc1cccnn1)C1CCCCC1. The Hall–Kier alpha value is -3.72. The van der Waals surface area contributed by atoms with Crippen molar-refractivity contribution in [3.8, 4) is 11.3 Å². The maximum absolute atomic E-state index is 13.5. The number of pyridine rings is 1. The Kier molecular flexibility index (Phi) is 7.04. The lowest BCUT2D eigenvalue weighted by Gasteiger charge is -2.34. The Morgan fingerprint density at radius 3 is 2.66 bits per heavy atom. The lowest BCUT2D eigenvalue weighted by molar-refractivity contribution is 0.122. The van der Waals surface area contributed by atoms with E-state index in [0.717, 1.165) is 68.9 Å². The van der Waals surface area contributed by atoms with Gasteiger partial charge in [0.05, 0.1) is 24.6 Å². The van der Waals surface area contributed by atoms with Gasteiger partial charge in [0, 0.05) is 36.6 Å². The highest BCUT2D eigenvalue weighted by Gasteiger charge is 2.30. The lowest BCUT2D eigenvalue weighted by atomic mass is 9.94. The fourth-order valence-electron chi connectivity index (χ4n) is 4.81. The van der Waals surface area contributed by atoms with E-state index < -0.39 is 0 Å². The predicted octanol–water partition coefficient (Wildman–Crippen LogP) is 4.33. The number of hydrogen-bond acceptors (Lipinski definition) is 7. The second-order valence-corrected chi connectivity index (χ2v) is 8.96. The number of nitrogens with two attached hydrogens (primary N) is 1. The molecule has 0 unspecified atom stereocenters. The van der Waals surface area contributed by atoms with Crippen molar-refractivity contribution in [1.29, 1.82) is 0 Å². The number of amides is 2. The molecule has 3 heterocycles. The van der Waals surface area contributed by atoms with Crippen LogP contribution in [0.25, 0.3) is 11.3 Å². The van der Waals surface area contributed by atoms with Crippen molar-refractivity contribution in [3.05, 3.63) is 54.7 Å². The topological polar surface area (TPSA) is 110 Å². The number of hydrogen-bond donors (Lipinski definition) is 2. The van der Waals surface area contributed by atoms with Crippen molar-refractivity contribution >= 4 is 29.0 Å². The van der Waals surface area contributed by atoms with Crippen LogP contribution in [-0.4, -0.2) is 53.6 Å². The molecule has 5 rings (SSSR count). The summed E-state index contributed by atoms with van der Waals surface area (Å²) in [5.74, 6) is 0.874. The third-order valence-corrected chi connectivity index (χ3v) is 6.62. The third kappa shape index (κ3) is 5.35. The van der Waals surface area contributed by atoms with Crippen LogP contribution in [0.5, 0.6) is 0 Å². The number of carbonyl (C=O) groups is 1. The molecule has 1 saturated heterocycles. The number of urea groups is 1. The van der Waals surface area contributed by atoms with Crippen LogP contribution in [0, 0.1) is 0 Å². The van der Waals surface area contributed by atoms with Crippen LogP contribution in [0.4, 0.5) is 27.8 Å². The van der Waals surface area contributed by atoms with Crippen LogP contribution in [0.15, 0.2) is 54.7 Å². The first-order chi connectivity index (χ1) is 17.2. The summed E-state index contributed by atoms with van der Waals surface area (Å²) >= 11 is 0. The fraction of sp³-hybridized carbons (Fsp3) is 0.385. The number of benzene rings is 1. The van der Waals surface area contributed by atoms with Gasteiger partial charge in [-0.15, -0.1) is 5.10 Å². The van der Waals surface area contributed by atoms with Crippen molar-refractivity contribution < 1.29 is 9.53 Å². The van der Waals surface area contributed by atoms with Gasteiger partial charge < -0.3 is 15.4 Å². The van der Waals surface area contributed by atoms with E-state index in [-0.39, 0.29) is 12.1 Å². The summed E-state index contributed by atoms with van der Waals surface area (Å²) in [5.41, 5.74) is 9.78. The van der Waals surface area contributed by atoms with Crippen LogP contribution >= 0.6 is 0 Å². The van der Waals surface area contributed by atoms with Gasteiger partial charge in [0.1, 0.15) is 0 Å². The molecule has 0 atom stereocenters. The summed E-state index contributed by atoms with van der Waals surface area (Å²) in [7, 11) is 0. The van der Waals surface area contributed by atoms with Crippen LogP contribution in [0.3, 0.4) is 0 Å². The van der Waals surface area contributed by atoms with Gasteiger partial charge in [-0.05, 0) is 49.2 Å². The first-order valence-corrected chi connectivity index (χ1v) is 12.3. The molecule has 182 valence electrons. The van der Waals surface area contributed by atoms with E-state index in [9.17, 15) is 4.79 Å². The van der Waals surface area contributed by atoms with E-state index in [0.29, 0.717) is 17.3 Å². The Morgan fingerprint density at radius 1 is 1.06 bits per heavy atom. The van der Waals surface area contributed by atoms with Crippen molar-refractivity contribution in [2.45, 2.75) is 38.1 Å². The minimum atomic E-state index is -0.296. The average Bonchev–Trinajstić information content (AvgIpc) is 2.92. The maximum atomic E-state index is 13.5. The monoisotopic (exact) mass is 473 g/mol. The number of anilines is 4. The van der Waals surface area contributed by atoms with Gasteiger partial charge in [-0.1, -0.05) is 31.4 Å². The van der Waals surface area contributed by atoms with Crippen molar-refractivity contribution in [2.24, 2.45) is 0 Å². The molecule has 1 aliphatic heterocycles. The molecule has 3 N–H and O–H groups in total. The quantitative estimate of drug-likeness (QED) is 0.568. The Bertz CT molecular complexity index is 1150. The molecular weight excluding hydrogens is 442 g/mol. The summed E-state index contributed by atoms with van der Waals surface area (Å²) in [6.45, 7) is 3.18. The van der Waals surface area contributed by atoms with Gasteiger partial charge in [0.25, 0.3) is 0 Å². The van der Waals surface area contributed by atoms with Crippen LogP contribution < -0.4 is 20.9 Å². The number of nitrogens with one attached hydrogen (secondary N) is 1. The van der Waals surface area contributed by atoms with Crippen molar-refractivity contribution in [1.82, 2.24) is 15.2 Å². The van der Waals surface area contributed by atoms with Gasteiger partial charge in [-0.25, -0.2) is 9.78 Å². The maximum Gasteiger partial charge on any atom is 0.329 e. The molecule has 2 aromatic heterocycles. The molecule has 9 heteroatoms.